The van der Waals surface area contributed by atoms with Crippen LogP contribution < -0.4 is 11.0 Å². The second-order valence-corrected chi connectivity index (χ2v) is 8.30. The first kappa shape index (κ1) is 18.4. The molecule has 27 heavy (non-hydrogen) atoms. The molecule has 138 valence electrons. The zero-order chi connectivity index (χ0) is 19.3. The number of hydrogen-bond acceptors (Lipinski definition) is 7. The van der Waals surface area contributed by atoms with Crippen LogP contribution in [0.4, 0.5) is 0 Å². The second-order valence-electron chi connectivity index (χ2n) is 5.65. The van der Waals surface area contributed by atoms with E-state index in [4.69, 9.17) is 27.9 Å². The van der Waals surface area contributed by atoms with Crippen molar-refractivity contribution in [1.29, 1.82) is 0 Å². The van der Waals surface area contributed by atoms with E-state index in [1.807, 2.05) is 5.41 Å². The lowest BCUT2D eigenvalue weighted by Crippen LogP contribution is -2.32. The number of thiophene rings is 1. The van der Waals surface area contributed by atoms with Gasteiger partial charge in [-0.1, -0.05) is 41.0 Å². The molecule has 0 bridgehead atoms. The molecule has 0 saturated heterocycles. The van der Waals surface area contributed by atoms with Gasteiger partial charge in [0.05, 0.1) is 28.2 Å². The molecule has 0 amide bonds. The molecule has 0 spiro atoms. The van der Waals surface area contributed by atoms with Crippen molar-refractivity contribution in [3.05, 3.63) is 60.0 Å². The van der Waals surface area contributed by atoms with E-state index in [1.54, 1.807) is 25.1 Å². The largest absolute Gasteiger partial charge is 0.465 e. The molecule has 0 radical (unpaired) electrons. The SMILES string of the molecule is COC(=O)c1sc2nc3n(c(=O)c2c1C)NC(c1ccc(Cl)c(Cl)c1)=CS3. The summed E-state index contributed by atoms with van der Waals surface area (Å²) < 4.78 is 6.15. The molecule has 1 aromatic carbocycles. The number of carbonyl (C=O) groups is 1. The first-order valence-corrected chi connectivity index (χ1v) is 10.1. The first-order chi connectivity index (χ1) is 12.9. The van der Waals surface area contributed by atoms with Gasteiger partial charge in [-0.3, -0.25) is 10.2 Å². The van der Waals surface area contributed by atoms with Gasteiger partial charge in [0.2, 0.25) is 0 Å². The molecule has 0 aliphatic carbocycles. The van der Waals surface area contributed by atoms with E-state index in [0.717, 1.165) is 16.9 Å². The van der Waals surface area contributed by atoms with Gasteiger partial charge in [0.25, 0.3) is 5.56 Å². The number of thioether (sulfide) groups is 1. The van der Waals surface area contributed by atoms with E-state index in [1.165, 1.54) is 23.5 Å². The van der Waals surface area contributed by atoms with Crippen LogP contribution in [0.1, 0.15) is 20.8 Å². The Kier molecular flexibility index (Phi) is 4.67. The molecule has 4 rings (SSSR count). The van der Waals surface area contributed by atoms with Crippen LogP contribution in [0.2, 0.25) is 10.0 Å². The molecule has 2 aromatic heterocycles. The Hall–Kier alpha value is -2.00. The summed E-state index contributed by atoms with van der Waals surface area (Å²) in [5.74, 6) is -0.479. The number of rotatable bonds is 2. The maximum Gasteiger partial charge on any atom is 0.348 e. The molecule has 0 saturated carbocycles. The number of aryl methyl sites for hydroxylation is 1. The number of nitrogens with one attached hydrogen (secondary N) is 1. The molecule has 1 aliphatic rings. The maximum absolute atomic E-state index is 13.0. The predicted molar refractivity (Wildman–Crippen MR) is 110 cm³/mol. The lowest BCUT2D eigenvalue weighted by atomic mass is 10.2. The third-order valence-electron chi connectivity index (χ3n) is 4.05. The number of nitrogens with zero attached hydrogens (tertiary/aromatic N) is 2. The van der Waals surface area contributed by atoms with Crippen molar-refractivity contribution in [3.8, 4) is 0 Å². The normalized spacial score (nSPS) is 13.1. The summed E-state index contributed by atoms with van der Waals surface area (Å²) >= 11 is 14.5. The fourth-order valence-electron chi connectivity index (χ4n) is 2.68. The minimum absolute atomic E-state index is 0.280. The number of methoxy groups -OCH3 is 1. The summed E-state index contributed by atoms with van der Waals surface area (Å²) in [7, 11) is 1.31. The molecule has 0 fully saturated rings. The highest BCUT2D eigenvalue weighted by atomic mass is 35.5. The van der Waals surface area contributed by atoms with Crippen molar-refractivity contribution in [2.24, 2.45) is 0 Å². The Morgan fingerprint density at radius 3 is 2.78 bits per heavy atom. The Morgan fingerprint density at radius 2 is 2.07 bits per heavy atom. The third kappa shape index (κ3) is 3.02. The summed E-state index contributed by atoms with van der Waals surface area (Å²) in [6, 6.07) is 5.22. The zero-order valence-electron chi connectivity index (χ0n) is 14.0. The minimum atomic E-state index is -0.479. The Bertz CT molecular complexity index is 1200. The van der Waals surface area contributed by atoms with E-state index in [9.17, 15) is 9.59 Å². The summed E-state index contributed by atoms with van der Waals surface area (Å²) in [6.07, 6.45) is 0. The number of hydrogen-bond donors (Lipinski definition) is 1. The average molecular weight is 440 g/mol. The van der Waals surface area contributed by atoms with Gasteiger partial charge in [-0.2, -0.15) is 4.68 Å². The van der Waals surface area contributed by atoms with E-state index in [0.29, 0.717) is 41.6 Å². The quantitative estimate of drug-likeness (QED) is 0.467. The smallest absolute Gasteiger partial charge is 0.348 e. The molecule has 1 N–H and O–H groups in total. The fraction of sp³-hybridized carbons (Fsp3) is 0.118. The summed E-state index contributed by atoms with van der Waals surface area (Å²) in [5.41, 5.74) is 4.82. The van der Waals surface area contributed by atoms with Crippen LogP contribution in [-0.2, 0) is 4.74 Å². The highest BCUT2D eigenvalue weighted by molar-refractivity contribution is 8.02. The number of ether oxygens (including phenoxy) is 1. The number of halogens is 2. The number of carbonyl (C=O) groups excluding carboxylic acids is 1. The van der Waals surface area contributed by atoms with Crippen LogP contribution in [0.5, 0.6) is 0 Å². The average Bonchev–Trinajstić information content (AvgIpc) is 3.00. The zero-order valence-corrected chi connectivity index (χ0v) is 17.1. The van der Waals surface area contributed by atoms with Crippen molar-refractivity contribution in [3.63, 3.8) is 0 Å². The molecule has 6 nitrogen and oxygen atoms in total. The second kappa shape index (κ2) is 6.87. The van der Waals surface area contributed by atoms with Gasteiger partial charge in [0, 0.05) is 11.0 Å². The van der Waals surface area contributed by atoms with Gasteiger partial charge in [-0.05, 0) is 24.6 Å². The van der Waals surface area contributed by atoms with Crippen LogP contribution >= 0.6 is 46.3 Å². The van der Waals surface area contributed by atoms with E-state index < -0.39 is 5.97 Å². The van der Waals surface area contributed by atoms with Crippen molar-refractivity contribution in [1.82, 2.24) is 9.66 Å². The molecule has 3 aromatic rings. The van der Waals surface area contributed by atoms with E-state index in [2.05, 4.69) is 10.4 Å². The minimum Gasteiger partial charge on any atom is -0.465 e. The van der Waals surface area contributed by atoms with Crippen LogP contribution in [0.15, 0.2) is 33.6 Å². The first-order valence-electron chi connectivity index (χ1n) is 7.64. The molecule has 0 atom stereocenters. The third-order valence-corrected chi connectivity index (χ3v) is 6.79. The topological polar surface area (TPSA) is 73.2 Å². The van der Waals surface area contributed by atoms with Gasteiger partial charge in [0.15, 0.2) is 5.16 Å². The summed E-state index contributed by atoms with van der Waals surface area (Å²) in [5, 5.41) is 3.59. The molecular weight excluding hydrogens is 429 g/mol. The van der Waals surface area contributed by atoms with Crippen molar-refractivity contribution in [2.75, 3.05) is 12.5 Å². The van der Waals surface area contributed by atoms with Crippen molar-refractivity contribution >= 4 is 68.2 Å². The van der Waals surface area contributed by atoms with Crippen LogP contribution in [0.25, 0.3) is 15.9 Å². The Labute approximate surface area is 171 Å². The maximum atomic E-state index is 13.0. The predicted octanol–water partition coefficient (Wildman–Crippen LogP) is 4.51. The van der Waals surface area contributed by atoms with Crippen LogP contribution in [-0.4, -0.2) is 22.7 Å². The van der Waals surface area contributed by atoms with Gasteiger partial charge in [0.1, 0.15) is 9.71 Å². The Morgan fingerprint density at radius 1 is 1.30 bits per heavy atom. The standard InChI is InChI=1S/C17H11Cl2N3O3S2/c1-7-12-14(27-13(7)16(24)25-2)20-17-22(15(12)23)21-11(6-26-17)8-3-4-9(18)10(19)5-8/h3-6,21H,1-2H3. The van der Waals surface area contributed by atoms with Gasteiger partial charge in [-0.25, -0.2) is 9.78 Å². The van der Waals surface area contributed by atoms with E-state index in [-0.39, 0.29) is 5.56 Å². The highest BCUT2D eigenvalue weighted by Gasteiger charge is 2.24. The van der Waals surface area contributed by atoms with E-state index >= 15 is 0 Å². The summed E-state index contributed by atoms with van der Waals surface area (Å²) in [4.78, 5) is 30.4. The lowest BCUT2D eigenvalue weighted by molar-refractivity contribution is 0.0605. The monoisotopic (exact) mass is 439 g/mol. The molecule has 3 heterocycles. The number of aromatic nitrogens is 2. The van der Waals surface area contributed by atoms with Crippen LogP contribution in [0.3, 0.4) is 0 Å². The van der Waals surface area contributed by atoms with Gasteiger partial charge < -0.3 is 4.74 Å². The van der Waals surface area contributed by atoms with Crippen molar-refractivity contribution < 1.29 is 9.53 Å². The molecular formula is C17H11Cl2N3O3S2. The highest BCUT2D eigenvalue weighted by Crippen LogP contribution is 2.33. The van der Waals surface area contributed by atoms with Crippen LogP contribution in [0, 0.1) is 6.92 Å². The molecule has 1 aliphatic heterocycles. The number of esters is 1. The fourth-order valence-corrected chi connectivity index (χ4v) is 4.92. The lowest BCUT2D eigenvalue weighted by Gasteiger charge is -2.20. The Balaban J connectivity index is 1.82. The number of fused-ring (bicyclic) bond motifs is 2. The van der Waals surface area contributed by atoms with Gasteiger partial charge >= 0.3 is 5.97 Å². The van der Waals surface area contributed by atoms with Gasteiger partial charge in [-0.15, -0.1) is 11.3 Å². The number of benzene rings is 1. The van der Waals surface area contributed by atoms with Crippen molar-refractivity contribution in [2.45, 2.75) is 12.1 Å². The molecule has 10 heteroatoms. The molecule has 0 unspecified atom stereocenters. The summed E-state index contributed by atoms with van der Waals surface area (Å²) in [6.45, 7) is 1.72.